The average Bonchev–Trinajstić information content (AvgIpc) is 3.07. The lowest BCUT2D eigenvalue weighted by atomic mass is 10.3. The Bertz CT molecular complexity index is 1010. The first-order chi connectivity index (χ1) is 10.7. The molecule has 4 aromatic rings. The highest BCUT2D eigenvalue weighted by Crippen LogP contribution is 2.32. The maximum absolute atomic E-state index is 11.1. The zero-order valence-electron chi connectivity index (χ0n) is 11.0. The van der Waals surface area contributed by atoms with Crippen LogP contribution in [0.15, 0.2) is 52.8 Å². The summed E-state index contributed by atoms with van der Waals surface area (Å²) in [4.78, 5) is 19.1. The van der Waals surface area contributed by atoms with Crippen LogP contribution >= 0.6 is 11.8 Å². The SMILES string of the molecule is O=[N+]([O-])c1cccnc1Sc1n[nH]c2nc3ccccc3n12. The van der Waals surface area contributed by atoms with E-state index >= 15 is 0 Å². The third-order valence-corrected chi connectivity index (χ3v) is 4.10. The van der Waals surface area contributed by atoms with E-state index in [1.54, 1.807) is 0 Å². The standard InChI is InChI=1S/C13H8N6O2S/c20-19(21)10-6-3-7-14-11(10)22-13-17-16-12-15-8-4-1-2-5-9(8)18(12)13/h1-7H,(H,15,16). The topological polar surface area (TPSA) is 102 Å². The maximum atomic E-state index is 11.1. The smallest absolute Gasteiger partial charge is 0.258 e. The van der Waals surface area contributed by atoms with Crippen LogP contribution in [-0.4, -0.2) is 29.5 Å². The predicted molar refractivity (Wildman–Crippen MR) is 79.9 cm³/mol. The number of para-hydroxylation sites is 2. The van der Waals surface area contributed by atoms with E-state index < -0.39 is 4.92 Å². The number of hydrogen-bond donors (Lipinski definition) is 1. The maximum Gasteiger partial charge on any atom is 0.301 e. The molecule has 0 bridgehead atoms. The van der Waals surface area contributed by atoms with E-state index in [1.807, 2.05) is 28.7 Å². The summed E-state index contributed by atoms with van der Waals surface area (Å²) in [5, 5.41) is 18.9. The predicted octanol–water partition coefficient (Wildman–Crippen LogP) is 2.67. The molecule has 1 N–H and O–H groups in total. The van der Waals surface area contributed by atoms with Gasteiger partial charge in [0.05, 0.1) is 16.0 Å². The van der Waals surface area contributed by atoms with E-state index in [1.165, 1.54) is 18.3 Å². The van der Waals surface area contributed by atoms with Crippen LogP contribution in [0, 0.1) is 10.1 Å². The van der Waals surface area contributed by atoms with Crippen LogP contribution in [0.25, 0.3) is 16.8 Å². The minimum absolute atomic E-state index is 0.0481. The molecule has 3 aromatic heterocycles. The lowest BCUT2D eigenvalue weighted by Crippen LogP contribution is -1.94. The van der Waals surface area contributed by atoms with Crippen molar-refractivity contribution in [3.63, 3.8) is 0 Å². The molecule has 0 fully saturated rings. The molecule has 0 saturated carbocycles. The largest absolute Gasteiger partial charge is 0.301 e. The molecule has 8 nitrogen and oxygen atoms in total. The second kappa shape index (κ2) is 4.81. The van der Waals surface area contributed by atoms with Crippen LogP contribution < -0.4 is 0 Å². The first-order valence-electron chi connectivity index (χ1n) is 6.33. The Morgan fingerprint density at radius 3 is 2.95 bits per heavy atom. The summed E-state index contributed by atoms with van der Waals surface area (Å²) < 4.78 is 1.82. The third kappa shape index (κ3) is 1.91. The number of H-pyrrole nitrogens is 1. The molecule has 0 saturated heterocycles. The number of aromatic amines is 1. The van der Waals surface area contributed by atoms with Gasteiger partial charge in [-0.25, -0.2) is 15.1 Å². The van der Waals surface area contributed by atoms with Gasteiger partial charge in [-0.1, -0.05) is 12.1 Å². The summed E-state index contributed by atoms with van der Waals surface area (Å²) in [6.45, 7) is 0. The molecule has 9 heteroatoms. The molecule has 3 heterocycles. The van der Waals surface area contributed by atoms with Gasteiger partial charge in [-0.2, -0.15) is 0 Å². The van der Waals surface area contributed by atoms with Crippen molar-refractivity contribution in [1.82, 2.24) is 24.6 Å². The zero-order chi connectivity index (χ0) is 15.1. The van der Waals surface area contributed by atoms with E-state index in [0.29, 0.717) is 16.0 Å². The Morgan fingerprint density at radius 2 is 2.09 bits per heavy atom. The molecule has 0 unspecified atom stereocenters. The minimum Gasteiger partial charge on any atom is -0.258 e. The minimum atomic E-state index is -0.453. The van der Waals surface area contributed by atoms with Crippen molar-refractivity contribution >= 4 is 34.3 Å². The van der Waals surface area contributed by atoms with Gasteiger partial charge in [0.25, 0.3) is 0 Å². The van der Waals surface area contributed by atoms with Gasteiger partial charge in [0, 0.05) is 12.3 Å². The number of hydrogen-bond acceptors (Lipinski definition) is 6. The highest BCUT2D eigenvalue weighted by Gasteiger charge is 2.19. The Kier molecular flexibility index (Phi) is 2.79. The van der Waals surface area contributed by atoms with Crippen molar-refractivity contribution in [2.45, 2.75) is 10.2 Å². The van der Waals surface area contributed by atoms with Crippen LogP contribution in [0.3, 0.4) is 0 Å². The summed E-state index contributed by atoms with van der Waals surface area (Å²) in [6.07, 6.45) is 1.52. The van der Waals surface area contributed by atoms with Crippen molar-refractivity contribution in [3.05, 3.63) is 52.7 Å². The lowest BCUT2D eigenvalue weighted by molar-refractivity contribution is -0.388. The molecule has 0 aliphatic carbocycles. The first kappa shape index (κ1) is 12.8. The molecule has 0 radical (unpaired) electrons. The summed E-state index contributed by atoms with van der Waals surface area (Å²) >= 11 is 1.13. The number of aromatic nitrogens is 5. The second-order valence-electron chi connectivity index (χ2n) is 4.45. The van der Waals surface area contributed by atoms with Gasteiger partial charge in [-0.05, 0) is 30.0 Å². The number of nitrogens with one attached hydrogen (secondary N) is 1. The van der Waals surface area contributed by atoms with Crippen molar-refractivity contribution in [2.75, 3.05) is 0 Å². The van der Waals surface area contributed by atoms with E-state index in [0.717, 1.165) is 22.8 Å². The summed E-state index contributed by atoms with van der Waals surface area (Å²) in [5.74, 6) is 0.585. The number of nitro groups is 1. The fourth-order valence-corrected chi connectivity index (χ4v) is 3.10. The number of nitrogens with zero attached hydrogens (tertiary/aromatic N) is 5. The summed E-state index contributed by atoms with van der Waals surface area (Å²) in [5.41, 5.74) is 1.66. The quantitative estimate of drug-likeness (QED) is 0.461. The number of rotatable bonds is 3. The van der Waals surface area contributed by atoms with Gasteiger partial charge in [-0.3, -0.25) is 14.5 Å². The monoisotopic (exact) mass is 312 g/mol. The second-order valence-corrected chi connectivity index (χ2v) is 5.41. The zero-order valence-corrected chi connectivity index (χ0v) is 11.8. The molecule has 108 valence electrons. The normalized spacial score (nSPS) is 11.3. The van der Waals surface area contributed by atoms with Crippen LogP contribution in [0.2, 0.25) is 0 Å². The summed E-state index contributed by atoms with van der Waals surface area (Å²) in [7, 11) is 0. The van der Waals surface area contributed by atoms with Crippen molar-refractivity contribution < 1.29 is 4.92 Å². The molecule has 0 spiro atoms. The fourth-order valence-electron chi connectivity index (χ4n) is 2.20. The number of imidazole rings is 1. The van der Waals surface area contributed by atoms with Gasteiger partial charge in [0.2, 0.25) is 10.9 Å². The van der Waals surface area contributed by atoms with Crippen LogP contribution in [-0.2, 0) is 0 Å². The molecule has 1 aromatic carbocycles. The summed E-state index contributed by atoms with van der Waals surface area (Å²) in [6, 6.07) is 10.6. The van der Waals surface area contributed by atoms with Crippen molar-refractivity contribution in [2.24, 2.45) is 0 Å². The molecule has 0 aliphatic heterocycles. The van der Waals surface area contributed by atoms with E-state index in [9.17, 15) is 10.1 Å². The van der Waals surface area contributed by atoms with Gasteiger partial charge < -0.3 is 0 Å². The fraction of sp³-hybridized carbons (Fsp3) is 0. The highest BCUT2D eigenvalue weighted by molar-refractivity contribution is 7.99. The molecular weight excluding hydrogens is 304 g/mol. The Labute approximate surface area is 127 Å². The van der Waals surface area contributed by atoms with E-state index in [4.69, 9.17) is 0 Å². The molecule has 22 heavy (non-hydrogen) atoms. The average molecular weight is 312 g/mol. The van der Waals surface area contributed by atoms with Gasteiger partial charge >= 0.3 is 5.69 Å². The van der Waals surface area contributed by atoms with Crippen molar-refractivity contribution in [3.8, 4) is 0 Å². The molecule has 0 amide bonds. The molecular formula is C13H8N6O2S. The Hall–Kier alpha value is -2.94. The molecule has 0 atom stereocenters. The lowest BCUT2D eigenvalue weighted by Gasteiger charge is -2.00. The van der Waals surface area contributed by atoms with E-state index in [2.05, 4.69) is 20.2 Å². The molecule has 4 rings (SSSR count). The number of benzene rings is 1. The Morgan fingerprint density at radius 1 is 1.23 bits per heavy atom. The van der Waals surface area contributed by atoms with E-state index in [-0.39, 0.29) is 5.69 Å². The van der Waals surface area contributed by atoms with Crippen LogP contribution in [0.5, 0.6) is 0 Å². The molecule has 0 aliphatic rings. The highest BCUT2D eigenvalue weighted by atomic mass is 32.2. The van der Waals surface area contributed by atoms with Gasteiger partial charge in [0.15, 0.2) is 5.03 Å². The van der Waals surface area contributed by atoms with Gasteiger partial charge in [0.1, 0.15) is 0 Å². The first-order valence-corrected chi connectivity index (χ1v) is 7.14. The third-order valence-electron chi connectivity index (χ3n) is 3.14. The van der Waals surface area contributed by atoms with Crippen LogP contribution in [0.1, 0.15) is 0 Å². The Balaban J connectivity index is 1.87. The van der Waals surface area contributed by atoms with Crippen LogP contribution in [0.4, 0.5) is 5.69 Å². The van der Waals surface area contributed by atoms with Gasteiger partial charge in [-0.15, -0.1) is 5.10 Å². The number of fused-ring (bicyclic) bond motifs is 3. The van der Waals surface area contributed by atoms with Crippen molar-refractivity contribution in [1.29, 1.82) is 0 Å². The number of pyridine rings is 1.